The molecule has 0 bridgehead atoms. The van der Waals surface area contributed by atoms with E-state index in [0.29, 0.717) is 6.07 Å². The molecule has 2 heterocycles. The van der Waals surface area contributed by atoms with Gasteiger partial charge < -0.3 is 13.4 Å². The number of rotatable bonds is 2. The lowest BCUT2D eigenvalue weighted by molar-refractivity contribution is -0.147. The molecule has 1 aromatic carbocycles. The zero-order valence-corrected chi connectivity index (χ0v) is 13.4. The van der Waals surface area contributed by atoms with Crippen molar-refractivity contribution in [2.45, 2.75) is 25.8 Å². The summed E-state index contributed by atoms with van der Waals surface area (Å²) in [5.74, 6) is -3.30. The standard InChI is InChI=1S/C14H7ClF6N2O3/c1-5-9(26-12(24)25-5)4-23-10-7(13(16,17)18)2-6(15)3-8(10)22-11(23)14(19,20)21/h2-3H,4H2,1H3. The van der Waals surface area contributed by atoms with E-state index in [1.165, 1.54) is 6.92 Å². The van der Waals surface area contributed by atoms with Crippen LogP contribution in [0.1, 0.15) is 22.9 Å². The van der Waals surface area contributed by atoms with Crippen LogP contribution in [0.5, 0.6) is 0 Å². The summed E-state index contributed by atoms with van der Waals surface area (Å²) in [5, 5.41) is -0.422. The molecular weight excluding hydrogens is 394 g/mol. The molecule has 0 aliphatic carbocycles. The Labute approximate surface area is 144 Å². The first-order valence-electron chi connectivity index (χ1n) is 6.81. The van der Waals surface area contributed by atoms with Gasteiger partial charge in [0.25, 0.3) is 0 Å². The van der Waals surface area contributed by atoms with E-state index in [0.717, 1.165) is 6.07 Å². The Bertz CT molecular complexity index is 1040. The summed E-state index contributed by atoms with van der Waals surface area (Å²) < 4.78 is 89.3. The lowest BCUT2D eigenvalue weighted by Crippen LogP contribution is -2.17. The highest BCUT2D eigenvalue weighted by molar-refractivity contribution is 6.31. The summed E-state index contributed by atoms with van der Waals surface area (Å²) >= 11 is 5.59. The predicted molar refractivity (Wildman–Crippen MR) is 75.8 cm³/mol. The zero-order valence-electron chi connectivity index (χ0n) is 12.6. The molecule has 26 heavy (non-hydrogen) atoms. The van der Waals surface area contributed by atoms with Crippen LogP contribution in [0.15, 0.2) is 25.8 Å². The number of hydrogen-bond donors (Lipinski definition) is 0. The van der Waals surface area contributed by atoms with Crippen LogP contribution in [0.2, 0.25) is 5.02 Å². The monoisotopic (exact) mass is 400 g/mol. The second-order valence-corrected chi connectivity index (χ2v) is 5.71. The van der Waals surface area contributed by atoms with Gasteiger partial charge >= 0.3 is 18.2 Å². The van der Waals surface area contributed by atoms with Gasteiger partial charge in [-0.15, -0.1) is 0 Å². The van der Waals surface area contributed by atoms with Gasteiger partial charge in [0.1, 0.15) is 5.76 Å². The van der Waals surface area contributed by atoms with Gasteiger partial charge in [0.2, 0.25) is 5.82 Å². The molecule has 3 rings (SSSR count). The highest BCUT2D eigenvalue weighted by Crippen LogP contribution is 2.40. The second kappa shape index (κ2) is 5.79. The van der Waals surface area contributed by atoms with Crippen molar-refractivity contribution in [2.24, 2.45) is 0 Å². The highest BCUT2D eigenvalue weighted by Gasteiger charge is 2.41. The van der Waals surface area contributed by atoms with Crippen molar-refractivity contribution in [1.82, 2.24) is 9.55 Å². The Kier molecular flexibility index (Phi) is 4.09. The van der Waals surface area contributed by atoms with Crippen LogP contribution >= 0.6 is 11.6 Å². The lowest BCUT2D eigenvalue weighted by Gasteiger charge is -2.14. The Hall–Kier alpha value is -2.43. The van der Waals surface area contributed by atoms with Gasteiger partial charge in [0.15, 0.2) is 5.76 Å². The lowest BCUT2D eigenvalue weighted by atomic mass is 10.1. The molecule has 0 aliphatic heterocycles. The predicted octanol–water partition coefficient (Wildman–Crippen LogP) is 4.63. The first-order valence-corrected chi connectivity index (χ1v) is 7.19. The Morgan fingerprint density at radius 1 is 1.12 bits per heavy atom. The number of nitrogens with zero attached hydrogens (tertiary/aromatic N) is 2. The van der Waals surface area contributed by atoms with Crippen LogP contribution in [0.25, 0.3) is 11.0 Å². The third kappa shape index (κ3) is 3.18. The first-order chi connectivity index (χ1) is 11.9. The van der Waals surface area contributed by atoms with Gasteiger partial charge in [-0.2, -0.15) is 26.3 Å². The number of halogens is 7. The van der Waals surface area contributed by atoms with Crippen LogP contribution in [0.4, 0.5) is 26.3 Å². The third-order valence-electron chi connectivity index (χ3n) is 3.50. The molecule has 0 atom stereocenters. The molecule has 0 spiro atoms. The number of benzene rings is 1. The maximum absolute atomic E-state index is 13.3. The minimum atomic E-state index is -5.06. The number of imidazole rings is 1. The summed E-state index contributed by atoms with van der Waals surface area (Å²) in [6, 6.07) is 1.39. The number of hydrogen-bond acceptors (Lipinski definition) is 4. The van der Waals surface area contributed by atoms with Crippen molar-refractivity contribution in [2.75, 3.05) is 0 Å². The van der Waals surface area contributed by atoms with Crippen molar-refractivity contribution in [1.29, 1.82) is 0 Å². The molecule has 0 saturated heterocycles. The SMILES string of the molecule is Cc1oc(=O)oc1Cn1c(C(F)(F)F)nc2cc(Cl)cc(C(F)(F)F)c21. The molecule has 0 fully saturated rings. The average molecular weight is 401 g/mol. The van der Waals surface area contributed by atoms with Gasteiger partial charge in [-0.1, -0.05) is 11.6 Å². The van der Waals surface area contributed by atoms with E-state index in [9.17, 15) is 31.1 Å². The largest absolute Gasteiger partial charge is 0.519 e. The van der Waals surface area contributed by atoms with Crippen LogP contribution in [0.3, 0.4) is 0 Å². The van der Waals surface area contributed by atoms with Crippen molar-refractivity contribution < 1.29 is 35.2 Å². The smallest absolute Gasteiger partial charge is 0.396 e. The Morgan fingerprint density at radius 3 is 2.27 bits per heavy atom. The topological polar surface area (TPSA) is 61.2 Å². The van der Waals surface area contributed by atoms with E-state index in [4.69, 9.17) is 11.6 Å². The maximum atomic E-state index is 13.3. The van der Waals surface area contributed by atoms with Crippen LogP contribution in [-0.2, 0) is 18.9 Å². The number of aromatic nitrogens is 2. The number of aryl methyl sites for hydroxylation is 1. The summed E-state index contributed by atoms with van der Waals surface area (Å²) in [5.41, 5.74) is -2.83. The van der Waals surface area contributed by atoms with E-state index < -0.39 is 52.2 Å². The fourth-order valence-corrected chi connectivity index (χ4v) is 2.70. The summed E-state index contributed by atoms with van der Waals surface area (Å²) in [4.78, 5) is 14.3. The summed E-state index contributed by atoms with van der Waals surface area (Å²) in [6.45, 7) is 0.391. The normalized spacial score (nSPS) is 12.9. The van der Waals surface area contributed by atoms with Gasteiger partial charge in [-0.25, -0.2) is 9.78 Å². The maximum Gasteiger partial charge on any atom is 0.519 e. The molecule has 0 amide bonds. The Morgan fingerprint density at radius 2 is 1.77 bits per heavy atom. The molecule has 2 aromatic heterocycles. The molecule has 0 N–H and O–H groups in total. The molecule has 0 radical (unpaired) electrons. The van der Waals surface area contributed by atoms with Crippen LogP contribution in [0, 0.1) is 6.92 Å². The van der Waals surface area contributed by atoms with Crippen molar-refractivity contribution in [3.63, 3.8) is 0 Å². The molecule has 5 nitrogen and oxygen atoms in total. The Balaban J connectivity index is 2.37. The average Bonchev–Trinajstić information content (AvgIpc) is 2.97. The number of alkyl halides is 6. The molecule has 12 heteroatoms. The summed E-state index contributed by atoms with van der Waals surface area (Å²) in [6.07, 6.45) is -10.1. The van der Waals surface area contributed by atoms with Crippen molar-refractivity contribution in [3.05, 3.63) is 50.7 Å². The van der Waals surface area contributed by atoms with Gasteiger partial charge in [0.05, 0.1) is 23.1 Å². The minimum absolute atomic E-state index is 0.160. The molecule has 140 valence electrons. The highest BCUT2D eigenvalue weighted by atomic mass is 35.5. The number of fused-ring (bicyclic) bond motifs is 1. The van der Waals surface area contributed by atoms with Gasteiger partial charge in [0, 0.05) is 5.02 Å². The van der Waals surface area contributed by atoms with Gasteiger partial charge in [-0.05, 0) is 19.1 Å². The van der Waals surface area contributed by atoms with E-state index in [1.807, 2.05) is 0 Å². The fourth-order valence-electron chi connectivity index (χ4n) is 2.48. The molecule has 0 unspecified atom stereocenters. The molecule has 3 aromatic rings. The van der Waals surface area contributed by atoms with Crippen molar-refractivity contribution in [3.8, 4) is 0 Å². The first kappa shape index (κ1) is 18.4. The quantitative estimate of drug-likeness (QED) is 0.588. The van der Waals surface area contributed by atoms with E-state index in [2.05, 4.69) is 13.8 Å². The fraction of sp³-hybridized carbons (Fsp3) is 0.286. The van der Waals surface area contributed by atoms with E-state index in [-0.39, 0.29) is 16.1 Å². The van der Waals surface area contributed by atoms with Crippen molar-refractivity contribution >= 4 is 22.6 Å². The minimum Gasteiger partial charge on any atom is -0.396 e. The molecule has 0 saturated carbocycles. The second-order valence-electron chi connectivity index (χ2n) is 5.27. The van der Waals surface area contributed by atoms with E-state index >= 15 is 0 Å². The van der Waals surface area contributed by atoms with E-state index in [1.54, 1.807) is 0 Å². The molecular formula is C14H7ClF6N2O3. The van der Waals surface area contributed by atoms with Gasteiger partial charge in [-0.3, -0.25) is 0 Å². The molecule has 0 aliphatic rings. The van der Waals surface area contributed by atoms with Crippen LogP contribution < -0.4 is 5.82 Å². The third-order valence-corrected chi connectivity index (χ3v) is 3.72. The van der Waals surface area contributed by atoms with Crippen LogP contribution in [-0.4, -0.2) is 9.55 Å². The zero-order chi connectivity index (χ0) is 19.4. The summed E-state index contributed by atoms with van der Waals surface area (Å²) in [7, 11) is 0.